The number of hydrogen-bond acceptors (Lipinski definition) is 4. The first kappa shape index (κ1) is 22.4. The monoisotopic (exact) mass is 470 g/mol. The summed E-state index contributed by atoms with van der Waals surface area (Å²) in [6.07, 6.45) is 0. The molecule has 0 N–H and O–H groups in total. The molecule has 0 aromatic carbocycles. The molecule has 1 unspecified atom stereocenters. The third kappa shape index (κ3) is 8.14. The molecule has 0 rings (SSSR count). The van der Waals surface area contributed by atoms with E-state index in [2.05, 4.69) is 31.9 Å². The number of phosphoric ester groups is 1. The molecule has 128 valence electrons. The van der Waals surface area contributed by atoms with E-state index >= 15 is 0 Å². The van der Waals surface area contributed by atoms with Crippen LogP contribution in [0.1, 0.15) is 41.5 Å². The summed E-state index contributed by atoms with van der Waals surface area (Å²) >= 11 is 13.0. The minimum Gasteiger partial charge on any atom is -0.287 e. The first-order valence-corrected chi connectivity index (χ1v) is 10.6. The molecular formula is C13H26Br2ClO4P. The van der Waals surface area contributed by atoms with Gasteiger partial charge in [0.2, 0.25) is 3.97 Å². The average Bonchev–Trinajstić information content (AvgIpc) is 2.33. The molecule has 0 aliphatic carbocycles. The number of alkyl halides is 3. The minimum atomic E-state index is -3.76. The number of hydrogen-bond donors (Lipinski definition) is 0. The molecular weight excluding hydrogens is 446 g/mol. The van der Waals surface area contributed by atoms with Crippen molar-refractivity contribution in [3.63, 3.8) is 0 Å². The molecule has 0 fully saturated rings. The summed E-state index contributed by atoms with van der Waals surface area (Å²) in [5, 5.41) is 0.545. The minimum absolute atomic E-state index is 0.203. The van der Waals surface area contributed by atoms with E-state index in [0.717, 1.165) is 0 Å². The van der Waals surface area contributed by atoms with Gasteiger partial charge >= 0.3 is 7.82 Å². The van der Waals surface area contributed by atoms with Crippen molar-refractivity contribution in [1.29, 1.82) is 0 Å². The average molecular weight is 473 g/mol. The number of halogens is 3. The lowest BCUT2D eigenvalue weighted by Crippen LogP contribution is -2.37. The van der Waals surface area contributed by atoms with E-state index in [1.54, 1.807) is 0 Å². The Morgan fingerprint density at radius 2 is 1.48 bits per heavy atom. The molecule has 0 aliphatic heterocycles. The molecule has 0 saturated heterocycles. The third-order valence-corrected chi connectivity index (χ3v) is 7.49. The predicted molar refractivity (Wildman–Crippen MR) is 95.4 cm³/mol. The van der Waals surface area contributed by atoms with Crippen molar-refractivity contribution in [2.45, 2.75) is 45.5 Å². The molecule has 4 nitrogen and oxygen atoms in total. The van der Waals surface area contributed by atoms with Crippen molar-refractivity contribution in [3.8, 4) is 0 Å². The molecule has 0 spiro atoms. The van der Waals surface area contributed by atoms with Crippen LogP contribution < -0.4 is 0 Å². The molecule has 0 bridgehead atoms. The SMILES string of the molecule is CC(C)COP(=O)(OCC(C)C)OC(Cl)(Br)C(C)(C)CBr. The summed E-state index contributed by atoms with van der Waals surface area (Å²) in [6, 6.07) is 0. The predicted octanol–water partition coefficient (Wildman–Crippen LogP) is 6.16. The topological polar surface area (TPSA) is 44.8 Å². The Kier molecular flexibility index (Phi) is 9.59. The van der Waals surface area contributed by atoms with Crippen molar-refractivity contribution in [2.75, 3.05) is 18.5 Å². The fourth-order valence-corrected chi connectivity index (χ4v) is 4.51. The van der Waals surface area contributed by atoms with Gasteiger partial charge < -0.3 is 0 Å². The van der Waals surface area contributed by atoms with Crippen LogP contribution in [0, 0.1) is 17.3 Å². The summed E-state index contributed by atoms with van der Waals surface area (Å²) in [7, 11) is -3.76. The van der Waals surface area contributed by atoms with Crippen LogP contribution in [0.3, 0.4) is 0 Å². The Labute approximate surface area is 150 Å². The molecule has 0 aromatic rings. The van der Waals surface area contributed by atoms with Crippen LogP contribution in [0.15, 0.2) is 0 Å². The quantitative estimate of drug-likeness (QED) is 0.282. The second-order valence-corrected chi connectivity index (χ2v) is 10.7. The molecule has 0 saturated carbocycles. The molecule has 21 heavy (non-hydrogen) atoms. The van der Waals surface area contributed by atoms with Gasteiger partial charge in [-0.15, -0.1) is 0 Å². The van der Waals surface area contributed by atoms with Crippen molar-refractivity contribution in [2.24, 2.45) is 17.3 Å². The normalized spacial score (nSPS) is 16.5. The van der Waals surface area contributed by atoms with Gasteiger partial charge in [-0.1, -0.05) is 69.1 Å². The first-order chi connectivity index (χ1) is 9.35. The maximum atomic E-state index is 12.8. The van der Waals surface area contributed by atoms with Crippen LogP contribution >= 0.6 is 51.3 Å². The zero-order chi connectivity index (χ0) is 16.9. The molecule has 0 aliphatic rings. The molecule has 0 amide bonds. The van der Waals surface area contributed by atoms with Crippen LogP contribution in [-0.4, -0.2) is 22.5 Å². The van der Waals surface area contributed by atoms with E-state index in [-0.39, 0.29) is 25.0 Å². The van der Waals surface area contributed by atoms with Gasteiger partial charge in [-0.2, -0.15) is 0 Å². The van der Waals surface area contributed by atoms with E-state index < -0.39 is 17.2 Å². The maximum Gasteiger partial charge on any atom is 0.477 e. The fraction of sp³-hybridized carbons (Fsp3) is 1.00. The summed E-state index contributed by atoms with van der Waals surface area (Å²) in [5.74, 6) is 0.405. The summed E-state index contributed by atoms with van der Waals surface area (Å²) in [6.45, 7) is 12.1. The van der Waals surface area contributed by atoms with Crippen molar-refractivity contribution < 1.29 is 18.1 Å². The lowest BCUT2D eigenvalue weighted by atomic mass is 9.98. The van der Waals surface area contributed by atoms with Gasteiger partial charge in [0, 0.05) is 10.7 Å². The molecule has 0 heterocycles. The molecule has 0 radical (unpaired) electrons. The molecule has 0 aromatic heterocycles. The first-order valence-electron chi connectivity index (χ1n) is 6.89. The second-order valence-electron chi connectivity index (χ2n) is 6.45. The maximum absolute atomic E-state index is 12.8. The van der Waals surface area contributed by atoms with Crippen LogP contribution in [0.25, 0.3) is 0 Å². The Bertz CT molecular complexity index is 346. The summed E-state index contributed by atoms with van der Waals surface area (Å²) < 4.78 is 27.8. The Balaban J connectivity index is 5.08. The van der Waals surface area contributed by atoms with Gasteiger partial charge in [-0.05, 0) is 27.8 Å². The van der Waals surface area contributed by atoms with E-state index in [1.165, 1.54) is 0 Å². The highest BCUT2D eigenvalue weighted by molar-refractivity contribution is 9.10. The standard InChI is InChI=1S/C13H26Br2ClO4P/c1-10(2)7-18-21(17,19-8-11(3)4)20-13(15,16)12(5,6)9-14/h10-11H,7-9H2,1-6H3. The molecule has 1 atom stereocenters. The van der Waals surface area contributed by atoms with Gasteiger partial charge in [0.15, 0.2) is 0 Å². The lowest BCUT2D eigenvalue weighted by Gasteiger charge is -2.37. The highest BCUT2D eigenvalue weighted by Gasteiger charge is 2.48. The van der Waals surface area contributed by atoms with Crippen molar-refractivity contribution >= 4 is 51.3 Å². The Morgan fingerprint density at radius 1 is 1.10 bits per heavy atom. The molecule has 8 heteroatoms. The third-order valence-electron chi connectivity index (χ3n) is 2.48. The Hall–Kier alpha value is 1.36. The van der Waals surface area contributed by atoms with E-state index in [0.29, 0.717) is 5.33 Å². The summed E-state index contributed by atoms with van der Waals surface area (Å²) in [5.41, 5.74) is -0.535. The summed E-state index contributed by atoms with van der Waals surface area (Å²) in [4.78, 5) is 0. The second kappa shape index (κ2) is 9.00. The largest absolute Gasteiger partial charge is 0.477 e. The zero-order valence-corrected chi connectivity index (χ0v) is 18.3. The highest BCUT2D eigenvalue weighted by Crippen LogP contribution is 2.60. The number of rotatable bonds is 10. The van der Waals surface area contributed by atoms with E-state index in [1.807, 2.05) is 41.5 Å². The smallest absolute Gasteiger partial charge is 0.287 e. The van der Waals surface area contributed by atoms with Crippen molar-refractivity contribution in [3.05, 3.63) is 0 Å². The van der Waals surface area contributed by atoms with Crippen LogP contribution in [0.5, 0.6) is 0 Å². The zero-order valence-electron chi connectivity index (χ0n) is 13.5. The van der Waals surface area contributed by atoms with Crippen LogP contribution in [0.2, 0.25) is 0 Å². The Morgan fingerprint density at radius 3 is 1.76 bits per heavy atom. The number of phosphoric acid groups is 1. The van der Waals surface area contributed by atoms with E-state index in [4.69, 9.17) is 25.2 Å². The van der Waals surface area contributed by atoms with Gasteiger partial charge in [-0.25, -0.2) is 4.57 Å². The van der Waals surface area contributed by atoms with Gasteiger partial charge in [0.25, 0.3) is 0 Å². The van der Waals surface area contributed by atoms with Crippen LogP contribution in [-0.2, 0) is 18.1 Å². The lowest BCUT2D eigenvalue weighted by molar-refractivity contribution is 0.0464. The van der Waals surface area contributed by atoms with Crippen molar-refractivity contribution in [1.82, 2.24) is 0 Å². The van der Waals surface area contributed by atoms with Gasteiger partial charge in [0.05, 0.1) is 13.2 Å². The van der Waals surface area contributed by atoms with Crippen LogP contribution in [0.4, 0.5) is 0 Å². The van der Waals surface area contributed by atoms with Gasteiger partial charge in [-0.3, -0.25) is 13.6 Å². The fourth-order valence-electron chi connectivity index (χ4n) is 0.912. The van der Waals surface area contributed by atoms with Gasteiger partial charge in [0.1, 0.15) is 0 Å². The van der Waals surface area contributed by atoms with E-state index in [9.17, 15) is 4.57 Å². The highest BCUT2D eigenvalue weighted by atomic mass is 79.9.